The molecule has 0 aliphatic carbocycles. The Morgan fingerprint density at radius 1 is 1.13 bits per heavy atom. The molecule has 0 spiro atoms. The van der Waals surface area contributed by atoms with Crippen LogP contribution in [0, 0.1) is 6.92 Å². The smallest absolute Gasteiger partial charge is 0.252 e. The minimum absolute atomic E-state index is 0.0748. The van der Waals surface area contributed by atoms with E-state index in [4.69, 9.17) is 11.6 Å². The Kier molecular flexibility index (Phi) is 6.50. The number of nitrogens with zero attached hydrogens (tertiary/aromatic N) is 3. The molecule has 1 aromatic carbocycles. The summed E-state index contributed by atoms with van der Waals surface area (Å²) in [5.41, 5.74) is 2.50. The second-order valence-corrected chi connectivity index (χ2v) is 11.8. The van der Waals surface area contributed by atoms with Gasteiger partial charge in [0, 0.05) is 32.2 Å². The van der Waals surface area contributed by atoms with Gasteiger partial charge in [-0.1, -0.05) is 41.4 Å². The first-order chi connectivity index (χ1) is 14.3. The summed E-state index contributed by atoms with van der Waals surface area (Å²) >= 11 is 6.96. The van der Waals surface area contributed by atoms with Crippen LogP contribution in [-0.4, -0.2) is 67.7 Å². The molecule has 3 heterocycles. The molecular formula is C21H26ClN3O3S2. The summed E-state index contributed by atoms with van der Waals surface area (Å²) in [4.78, 5) is 17.0. The lowest BCUT2D eigenvalue weighted by Crippen LogP contribution is -2.52. The van der Waals surface area contributed by atoms with E-state index in [2.05, 4.69) is 36.1 Å². The van der Waals surface area contributed by atoms with Crippen molar-refractivity contribution in [3.05, 3.63) is 51.9 Å². The maximum Gasteiger partial charge on any atom is 0.252 e. The molecule has 162 valence electrons. The lowest BCUT2D eigenvalue weighted by Gasteiger charge is -2.35. The first-order valence-corrected chi connectivity index (χ1v) is 12.8. The van der Waals surface area contributed by atoms with Crippen molar-refractivity contribution in [2.45, 2.75) is 30.0 Å². The van der Waals surface area contributed by atoms with Crippen molar-refractivity contribution in [2.24, 2.45) is 0 Å². The van der Waals surface area contributed by atoms with Crippen LogP contribution < -0.4 is 0 Å². The molecule has 30 heavy (non-hydrogen) atoms. The van der Waals surface area contributed by atoms with Gasteiger partial charge in [0.25, 0.3) is 10.0 Å². The quantitative estimate of drug-likeness (QED) is 0.676. The fourth-order valence-electron chi connectivity index (χ4n) is 4.29. The first-order valence-electron chi connectivity index (χ1n) is 10.2. The molecule has 9 heteroatoms. The van der Waals surface area contributed by atoms with E-state index in [0.29, 0.717) is 37.1 Å². The van der Waals surface area contributed by atoms with Crippen molar-refractivity contribution in [3.8, 4) is 0 Å². The number of benzene rings is 1. The number of amides is 1. The summed E-state index contributed by atoms with van der Waals surface area (Å²) in [5.74, 6) is 0.0748. The van der Waals surface area contributed by atoms with Crippen LogP contribution in [0.15, 0.2) is 40.6 Å². The average Bonchev–Trinajstić information content (AvgIpc) is 3.37. The van der Waals surface area contributed by atoms with Crippen molar-refractivity contribution < 1.29 is 13.2 Å². The Morgan fingerprint density at radius 3 is 2.57 bits per heavy atom. The van der Waals surface area contributed by atoms with Gasteiger partial charge in [-0.25, -0.2) is 8.42 Å². The first kappa shape index (κ1) is 21.8. The third kappa shape index (κ3) is 4.57. The molecular weight excluding hydrogens is 442 g/mol. The van der Waals surface area contributed by atoms with E-state index in [1.807, 2.05) is 0 Å². The number of likely N-dealkylation sites (tertiary alicyclic amines) is 1. The number of aryl methyl sites for hydroxylation is 1. The van der Waals surface area contributed by atoms with Gasteiger partial charge in [0.15, 0.2) is 0 Å². The zero-order chi connectivity index (χ0) is 21.3. The molecule has 0 radical (unpaired) electrons. The summed E-state index contributed by atoms with van der Waals surface area (Å²) in [6, 6.07) is 11.9. The highest BCUT2D eigenvalue weighted by Gasteiger charge is 2.33. The van der Waals surface area contributed by atoms with E-state index < -0.39 is 10.0 Å². The molecule has 6 nitrogen and oxygen atoms in total. The molecule has 1 atom stereocenters. The Balaban J connectivity index is 1.35. The van der Waals surface area contributed by atoms with E-state index in [-0.39, 0.29) is 16.2 Å². The molecule has 2 aliphatic rings. The number of thiophene rings is 1. The molecule has 2 aliphatic heterocycles. The topological polar surface area (TPSA) is 60.9 Å². The van der Waals surface area contributed by atoms with E-state index in [1.54, 1.807) is 17.0 Å². The molecule has 0 bridgehead atoms. The normalized spacial score (nSPS) is 21.3. The van der Waals surface area contributed by atoms with Gasteiger partial charge in [-0.15, -0.1) is 11.3 Å². The SMILES string of the molecule is Cc1cccc(C2CCCN2CC(=O)N2CCN(S(=O)(=O)c3ccc(Cl)s3)CC2)c1. The molecule has 1 unspecified atom stereocenters. The van der Waals surface area contributed by atoms with E-state index in [1.165, 1.54) is 15.4 Å². The number of hydrogen-bond acceptors (Lipinski definition) is 5. The van der Waals surface area contributed by atoms with Gasteiger partial charge in [-0.3, -0.25) is 9.69 Å². The maximum atomic E-state index is 12.9. The van der Waals surface area contributed by atoms with Crippen molar-refractivity contribution in [2.75, 3.05) is 39.3 Å². The average molecular weight is 468 g/mol. The summed E-state index contributed by atoms with van der Waals surface area (Å²) < 4.78 is 27.7. The van der Waals surface area contributed by atoms with Gasteiger partial charge in [-0.05, 0) is 44.0 Å². The van der Waals surface area contributed by atoms with Crippen molar-refractivity contribution in [3.63, 3.8) is 0 Å². The molecule has 1 aromatic heterocycles. The zero-order valence-corrected chi connectivity index (χ0v) is 19.3. The van der Waals surface area contributed by atoms with Gasteiger partial charge in [0.1, 0.15) is 4.21 Å². The fraction of sp³-hybridized carbons (Fsp3) is 0.476. The molecule has 0 N–H and O–H groups in total. The zero-order valence-electron chi connectivity index (χ0n) is 17.0. The number of hydrogen-bond donors (Lipinski definition) is 0. The van der Waals surface area contributed by atoms with Crippen LogP contribution in [0.4, 0.5) is 0 Å². The predicted molar refractivity (Wildman–Crippen MR) is 119 cm³/mol. The Hall–Kier alpha value is -1.45. The van der Waals surface area contributed by atoms with Gasteiger partial charge < -0.3 is 4.90 Å². The lowest BCUT2D eigenvalue weighted by molar-refractivity contribution is -0.133. The van der Waals surface area contributed by atoms with Gasteiger partial charge in [0.05, 0.1) is 10.9 Å². The molecule has 2 fully saturated rings. The Labute approximate surface area is 187 Å². The van der Waals surface area contributed by atoms with Crippen molar-refractivity contribution in [1.29, 1.82) is 0 Å². The molecule has 4 rings (SSSR count). The van der Waals surface area contributed by atoms with E-state index >= 15 is 0 Å². The predicted octanol–water partition coefficient (Wildman–Crippen LogP) is 3.38. The summed E-state index contributed by atoms with van der Waals surface area (Å²) in [5, 5.41) is 0. The van der Waals surface area contributed by atoms with E-state index in [9.17, 15) is 13.2 Å². The van der Waals surface area contributed by atoms with Crippen LogP contribution in [0.1, 0.15) is 30.0 Å². The second kappa shape index (κ2) is 8.96. The number of carbonyl (C=O) groups is 1. The number of carbonyl (C=O) groups excluding carboxylic acids is 1. The minimum Gasteiger partial charge on any atom is -0.339 e. The third-order valence-corrected chi connectivity index (χ3v) is 9.46. The molecule has 0 saturated carbocycles. The molecule has 2 aromatic rings. The monoisotopic (exact) mass is 467 g/mol. The number of sulfonamides is 1. The van der Waals surface area contributed by atoms with Crippen LogP contribution in [0.25, 0.3) is 0 Å². The molecule has 1 amide bonds. The van der Waals surface area contributed by atoms with Gasteiger partial charge >= 0.3 is 0 Å². The highest BCUT2D eigenvalue weighted by atomic mass is 35.5. The molecule has 2 saturated heterocycles. The number of halogens is 1. The third-order valence-electron chi connectivity index (χ3n) is 5.86. The minimum atomic E-state index is -3.54. The Morgan fingerprint density at radius 2 is 1.90 bits per heavy atom. The fourth-order valence-corrected chi connectivity index (χ4v) is 7.34. The van der Waals surface area contributed by atoms with Crippen LogP contribution >= 0.6 is 22.9 Å². The van der Waals surface area contributed by atoms with Crippen molar-refractivity contribution in [1.82, 2.24) is 14.1 Å². The Bertz CT molecular complexity index is 1020. The standard InChI is InChI=1S/C21H26ClN3O3S2/c1-16-4-2-5-17(14-16)18-6-3-9-24(18)15-20(26)23-10-12-25(13-11-23)30(27,28)21-8-7-19(22)29-21/h2,4-5,7-8,14,18H,3,6,9-13,15H2,1H3. The van der Waals surface area contributed by atoms with Crippen LogP contribution in [-0.2, 0) is 14.8 Å². The largest absolute Gasteiger partial charge is 0.339 e. The van der Waals surface area contributed by atoms with Crippen LogP contribution in [0.3, 0.4) is 0 Å². The lowest BCUT2D eigenvalue weighted by atomic mass is 10.0. The summed E-state index contributed by atoms with van der Waals surface area (Å²) in [7, 11) is -3.54. The van der Waals surface area contributed by atoms with Crippen LogP contribution in [0.2, 0.25) is 4.34 Å². The highest BCUT2D eigenvalue weighted by molar-refractivity contribution is 7.91. The van der Waals surface area contributed by atoms with Crippen molar-refractivity contribution >= 4 is 38.9 Å². The van der Waals surface area contributed by atoms with Gasteiger partial charge in [-0.2, -0.15) is 4.31 Å². The second-order valence-electron chi connectivity index (χ2n) is 7.89. The number of piperazine rings is 1. The van der Waals surface area contributed by atoms with E-state index in [0.717, 1.165) is 30.7 Å². The summed E-state index contributed by atoms with van der Waals surface area (Å²) in [6.07, 6.45) is 2.15. The summed E-state index contributed by atoms with van der Waals surface area (Å²) in [6.45, 7) is 4.84. The maximum absolute atomic E-state index is 12.9. The highest BCUT2D eigenvalue weighted by Crippen LogP contribution is 2.32. The van der Waals surface area contributed by atoms with Gasteiger partial charge in [0.2, 0.25) is 5.91 Å². The van der Waals surface area contributed by atoms with Crippen LogP contribution in [0.5, 0.6) is 0 Å². The number of rotatable bonds is 5.